The van der Waals surface area contributed by atoms with Gasteiger partial charge in [0.05, 0.1) is 11.4 Å². The first kappa shape index (κ1) is 17.8. The first-order chi connectivity index (χ1) is 12.5. The third-order valence-corrected chi connectivity index (χ3v) is 4.61. The van der Waals surface area contributed by atoms with Crippen molar-refractivity contribution < 1.29 is 14.3 Å². The Balaban J connectivity index is 1.80. The van der Waals surface area contributed by atoms with Crippen molar-refractivity contribution in [2.24, 2.45) is 0 Å². The number of amides is 1. The van der Waals surface area contributed by atoms with Crippen LogP contribution in [0.4, 0.5) is 10.8 Å². The van der Waals surface area contributed by atoms with Crippen molar-refractivity contribution in [1.29, 1.82) is 0 Å². The summed E-state index contributed by atoms with van der Waals surface area (Å²) in [6.45, 7) is 3.22. The summed E-state index contributed by atoms with van der Waals surface area (Å²) in [5.74, 6) is 0.194. The highest BCUT2D eigenvalue weighted by Gasteiger charge is 2.21. The van der Waals surface area contributed by atoms with Crippen molar-refractivity contribution in [3.8, 4) is 5.75 Å². The van der Waals surface area contributed by atoms with Crippen molar-refractivity contribution in [3.05, 3.63) is 71.2 Å². The quantitative estimate of drug-likeness (QED) is 0.607. The number of Topliss-reactive ketones (excluding diaryl/α,β-unsaturated/α-hetero) is 1. The van der Waals surface area contributed by atoms with Crippen LogP contribution >= 0.6 is 11.3 Å². The van der Waals surface area contributed by atoms with E-state index in [-0.39, 0.29) is 18.3 Å². The minimum absolute atomic E-state index is 0.0500. The number of ether oxygens (including phenoxy) is 1. The van der Waals surface area contributed by atoms with Gasteiger partial charge in [-0.2, -0.15) is 0 Å². The van der Waals surface area contributed by atoms with Crippen LogP contribution in [0.5, 0.6) is 5.75 Å². The Morgan fingerprint density at radius 3 is 2.54 bits per heavy atom. The van der Waals surface area contributed by atoms with Gasteiger partial charge >= 0.3 is 0 Å². The highest BCUT2D eigenvalue weighted by atomic mass is 32.1. The summed E-state index contributed by atoms with van der Waals surface area (Å²) in [7, 11) is 0. The molecule has 0 aliphatic rings. The molecule has 26 heavy (non-hydrogen) atoms. The summed E-state index contributed by atoms with van der Waals surface area (Å²) in [5, 5.41) is 2.50. The number of hydrogen-bond donors (Lipinski definition) is 0. The van der Waals surface area contributed by atoms with Gasteiger partial charge in [-0.15, -0.1) is 11.3 Å². The van der Waals surface area contributed by atoms with Crippen molar-refractivity contribution >= 4 is 33.8 Å². The molecule has 0 saturated carbocycles. The number of para-hydroxylation sites is 1. The Kier molecular flexibility index (Phi) is 5.43. The molecule has 3 aromatic rings. The third-order valence-electron chi connectivity index (χ3n) is 3.66. The molecule has 1 aromatic heterocycles. The third kappa shape index (κ3) is 4.15. The number of carbonyl (C=O) groups is 2. The molecule has 0 radical (unpaired) electrons. The second-order valence-corrected chi connectivity index (χ2v) is 6.55. The summed E-state index contributed by atoms with van der Waals surface area (Å²) < 4.78 is 5.62. The smallest absolute Gasteiger partial charge is 0.271 e. The van der Waals surface area contributed by atoms with Crippen LogP contribution in [0.15, 0.2) is 60.0 Å². The van der Waals surface area contributed by atoms with Gasteiger partial charge in [-0.1, -0.05) is 30.3 Å². The Morgan fingerprint density at radius 1 is 1.12 bits per heavy atom. The molecular formula is C20H18N2O3S. The van der Waals surface area contributed by atoms with E-state index in [2.05, 4.69) is 4.98 Å². The number of aromatic nitrogens is 1. The predicted molar refractivity (Wildman–Crippen MR) is 102 cm³/mol. The van der Waals surface area contributed by atoms with Gasteiger partial charge in [0.1, 0.15) is 5.75 Å². The number of nitrogens with zero attached hydrogens (tertiary/aromatic N) is 2. The van der Waals surface area contributed by atoms with Gasteiger partial charge in [-0.3, -0.25) is 14.5 Å². The van der Waals surface area contributed by atoms with Gasteiger partial charge in [0.2, 0.25) is 0 Å². The van der Waals surface area contributed by atoms with E-state index in [1.165, 1.54) is 18.3 Å². The minimum atomic E-state index is -0.237. The van der Waals surface area contributed by atoms with Gasteiger partial charge in [0, 0.05) is 10.9 Å². The summed E-state index contributed by atoms with van der Waals surface area (Å²) in [4.78, 5) is 30.3. The normalized spacial score (nSPS) is 10.4. The SMILES string of the molecule is CC(=O)c1cccc(OCC(=O)N(c2ccccc2)c2nc(C)cs2)c1. The van der Waals surface area contributed by atoms with Gasteiger partial charge < -0.3 is 4.74 Å². The lowest BCUT2D eigenvalue weighted by molar-refractivity contribution is -0.119. The molecule has 0 fully saturated rings. The Hall–Kier alpha value is -2.99. The van der Waals surface area contributed by atoms with Crippen LogP contribution in [0.1, 0.15) is 23.0 Å². The van der Waals surface area contributed by atoms with Crippen molar-refractivity contribution in [3.63, 3.8) is 0 Å². The second-order valence-electron chi connectivity index (χ2n) is 5.71. The minimum Gasteiger partial charge on any atom is -0.484 e. The average Bonchev–Trinajstić information content (AvgIpc) is 3.07. The van der Waals surface area contributed by atoms with E-state index in [9.17, 15) is 9.59 Å². The fourth-order valence-corrected chi connectivity index (χ4v) is 3.23. The van der Waals surface area contributed by atoms with Crippen LogP contribution in [-0.2, 0) is 4.79 Å². The molecule has 2 aromatic carbocycles. The molecule has 0 unspecified atom stereocenters. The molecule has 0 spiro atoms. The molecule has 1 amide bonds. The molecule has 132 valence electrons. The van der Waals surface area contributed by atoms with Crippen LogP contribution in [0, 0.1) is 6.92 Å². The number of rotatable bonds is 6. The molecular weight excluding hydrogens is 348 g/mol. The van der Waals surface area contributed by atoms with Gasteiger partial charge in [0.25, 0.3) is 5.91 Å². The maximum Gasteiger partial charge on any atom is 0.271 e. The van der Waals surface area contributed by atoms with E-state index < -0.39 is 0 Å². The van der Waals surface area contributed by atoms with E-state index in [4.69, 9.17) is 4.74 Å². The molecule has 0 saturated heterocycles. The zero-order valence-corrected chi connectivity index (χ0v) is 15.3. The van der Waals surface area contributed by atoms with Crippen LogP contribution < -0.4 is 9.64 Å². The van der Waals surface area contributed by atoms with Crippen molar-refractivity contribution in [2.45, 2.75) is 13.8 Å². The Morgan fingerprint density at radius 2 is 1.88 bits per heavy atom. The average molecular weight is 366 g/mol. The van der Waals surface area contributed by atoms with E-state index >= 15 is 0 Å². The number of hydrogen-bond acceptors (Lipinski definition) is 5. The van der Waals surface area contributed by atoms with Crippen molar-refractivity contribution in [1.82, 2.24) is 4.98 Å². The lowest BCUT2D eigenvalue weighted by atomic mass is 10.1. The number of thiazole rings is 1. The van der Waals surface area contributed by atoms with E-state index in [0.29, 0.717) is 16.4 Å². The molecule has 0 N–H and O–H groups in total. The van der Waals surface area contributed by atoms with Crippen molar-refractivity contribution in [2.75, 3.05) is 11.5 Å². The van der Waals surface area contributed by atoms with Crippen LogP contribution in [-0.4, -0.2) is 23.3 Å². The molecule has 1 heterocycles. The lowest BCUT2D eigenvalue weighted by Crippen LogP contribution is -2.30. The maximum absolute atomic E-state index is 12.8. The first-order valence-corrected chi connectivity index (χ1v) is 8.96. The van der Waals surface area contributed by atoms with Crippen LogP contribution in [0.3, 0.4) is 0 Å². The number of anilines is 2. The zero-order chi connectivity index (χ0) is 18.5. The zero-order valence-electron chi connectivity index (χ0n) is 14.5. The standard InChI is InChI=1S/C20H18N2O3S/c1-14-13-26-20(21-14)22(17-8-4-3-5-9-17)19(24)12-25-18-10-6-7-16(11-18)15(2)23/h3-11,13H,12H2,1-2H3. The first-order valence-electron chi connectivity index (χ1n) is 8.08. The molecule has 5 nitrogen and oxygen atoms in total. The molecule has 0 bridgehead atoms. The second kappa shape index (κ2) is 7.93. The molecule has 0 aliphatic carbocycles. The maximum atomic E-state index is 12.8. The highest BCUT2D eigenvalue weighted by Crippen LogP contribution is 2.28. The van der Waals surface area contributed by atoms with Gasteiger partial charge in [0.15, 0.2) is 17.5 Å². The summed E-state index contributed by atoms with van der Waals surface area (Å²) in [6, 6.07) is 16.1. The number of benzene rings is 2. The topological polar surface area (TPSA) is 59.5 Å². The molecule has 0 atom stereocenters. The number of ketones is 1. The Bertz CT molecular complexity index is 922. The number of aryl methyl sites for hydroxylation is 1. The molecule has 0 aliphatic heterocycles. The van der Waals surface area contributed by atoms with E-state index in [0.717, 1.165) is 11.4 Å². The summed E-state index contributed by atoms with van der Waals surface area (Å²) >= 11 is 1.40. The highest BCUT2D eigenvalue weighted by molar-refractivity contribution is 7.14. The fourth-order valence-electron chi connectivity index (χ4n) is 2.40. The molecule has 6 heteroatoms. The lowest BCUT2D eigenvalue weighted by Gasteiger charge is -2.20. The predicted octanol–water partition coefficient (Wildman–Crippen LogP) is 4.40. The van der Waals surface area contributed by atoms with Crippen LogP contribution in [0.25, 0.3) is 0 Å². The monoisotopic (exact) mass is 366 g/mol. The fraction of sp³-hybridized carbons (Fsp3) is 0.150. The Labute approximate surface area is 155 Å². The number of carbonyl (C=O) groups excluding carboxylic acids is 2. The summed E-state index contributed by atoms with van der Waals surface area (Å²) in [6.07, 6.45) is 0. The van der Waals surface area contributed by atoms with E-state index in [1.807, 2.05) is 42.6 Å². The van der Waals surface area contributed by atoms with Gasteiger partial charge in [-0.05, 0) is 38.1 Å². The largest absolute Gasteiger partial charge is 0.484 e. The van der Waals surface area contributed by atoms with E-state index in [1.54, 1.807) is 29.2 Å². The molecule has 3 rings (SSSR count). The summed E-state index contributed by atoms with van der Waals surface area (Å²) in [5.41, 5.74) is 2.13. The van der Waals surface area contributed by atoms with Gasteiger partial charge in [-0.25, -0.2) is 4.98 Å². The van der Waals surface area contributed by atoms with Crippen LogP contribution in [0.2, 0.25) is 0 Å².